The Bertz CT molecular complexity index is 3000. The molecule has 0 bridgehead atoms. The van der Waals surface area contributed by atoms with Crippen molar-refractivity contribution in [3.05, 3.63) is 106 Å². The normalized spacial score (nSPS) is 25.6. The number of nitrogens with one attached hydrogen (secondary N) is 3. The molecule has 0 radical (unpaired) electrons. The number of aromatic nitrogens is 2. The van der Waals surface area contributed by atoms with Gasteiger partial charge in [-0.2, -0.15) is 4.98 Å². The number of carbonyl (C=O) groups is 1. The molecule has 4 N–H and O–H groups in total. The second kappa shape index (κ2) is 18.7. The van der Waals surface area contributed by atoms with Crippen LogP contribution in [0.4, 0.5) is 28.4 Å². The number of carbonyl (C=O) groups excluding carboxylic acids is 1. The topological polar surface area (TPSA) is 205 Å². The Labute approximate surface area is 413 Å². The molecule has 5 fully saturated rings. The summed E-state index contributed by atoms with van der Waals surface area (Å²) in [5.41, 5.74) is 4.05. The number of sulfonamides is 1. The lowest BCUT2D eigenvalue weighted by atomic mass is 9.59. The van der Waals surface area contributed by atoms with E-state index in [9.17, 15) is 28.4 Å². The summed E-state index contributed by atoms with van der Waals surface area (Å²) in [6, 6.07) is 21.5. The molecule has 11 rings (SSSR count). The van der Waals surface area contributed by atoms with Crippen molar-refractivity contribution in [1.82, 2.24) is 19.6 Å². The van der Waals surface area contributed by atoms with Crippen molar-refractivity contribution in [2.45, 2.75) is 99.4 Å². The summed E-state index contributed by atoms with van der Waals surface area (Å²) >= 11 is 0. The van der Waals surface area contributed by atoms with Gasteiger partial charge in [-0.25, -0.2) is 13.1 Å². The van der Waals surface area contributed by atoms with E-state index in [1.165, 1.54) is 12.1 Å². The first kappa shape index (κ1) is 47.1. The zero-order chi connectivity index (χ0) is 49.1. The number of aromatic amines is 1. The maximum absolute atomic E-state index is 14.7. The number of nitrogens with zero attached hydrogens (tertiary/aromatic N) is 5. The van der Waals surface area contributed by atoms with Gasteiger partial charge in [0.2, 0.25) is 5.88 Å². The molecule has 17 nitrogen and oxygen atoms in total. The molecule has 372 valence electrons. The lowest BCUT2D eigenvalue weighted by molar-refractivity contribution is -0.384. The number of rotatable bonds is 11. The largest absolute Gasteiger partial charge is 0.468 e. The number of benzene rings is 3. The number of hydrogen-bond acceptors (Lipinski definition) is 14. The van der Waals surface area contributed by atoms with Crippen molar-refractivity contribution in [3.8, 4) is 18.2 Å². The molecule has 18 heteroatoms. The second-order valence-corrected chi connectivity index (χ2v) is 22.4. The van der Waals surface area contributed by atoms with Crippen molar-refractivity contribution in [1.29, 1.82) is 0 Å². The van der Waals surface area contributed by atoms with E-state index in [4.69, 9.17) is 25.6 Å². The number of hydrogen-bond donors (Lipinski definition) is 4. The standard InChI is InChI=1S/C53H60N8O9S/c1-3-35-6-4-5-7-40(35)47-32-69-25-23-59(47)38-29-53(30-38)18-21-58(22-19-53)37-8-10-41(44(27-37)60-43-15-24-68-33-48(43)70-51-46(60)26-36-14-20-54-49(36)56-51)50(62)57-71(66,67)39-9-11-42(45(28-39)61(64)65)55-31-34-12-16-52(2,63)17-13-34/h1,4-11,14,20,26-28,34,38,43,47-48,55,63H,12-13,15-19,21-25,29-33H2,2H3,(H,54,56)(H,57,62)/t34?,43-,47-,48-,52?/m0/s1. The molecule has 4 aliphatic heterocycles. The molecule has 2 saturated carbocycles. The van der Waals surface area contributed by atoms with Crippen LogP contribution in [0.2, 0.25) is 0 Å². The lowest BCUT2D eigenvalue weighted by Crippen LogP contribution is -2.58. The van der Waals surface area contributed by atoms with Crippen molar-refractivity contribution < 1.29 is 37.5 Å². The van der Waals surface area contributed by atoms with Gasteiger partial charge in [-0.3, -0.25) is 19.8 Å². The van der Waals surface area contributed by atoms with Crippen LogP contribution in [-0.4, -0.2) is 116 Å². The van der Waals surface area contributed by atoms with E-state index in [1.54, 1.807) is 12.3 Å². The molecule has 71 heavy (non-hydrogen) atoms. The van der Waals surface area contributed by atoms with Gasteiger partial charge < -0.3 is 39.4 Å². The summed E-state index contributed by atoms with van der Waals surface area (Å²) in [5.74, 6) is 2.54. The number of morpholine rings is 1. The Morgan fingerprint density at radius 2 is 1.76 bits per heavy atom. The highest BCUT2D eigenvalue weighted by molar-refractivity contribution is 7.90. The Morgan fingerprint density at radius 1 is 0.972 bits per heavy atom. The van der Waals surface area contributed by atoms with Crippen LogP contribution in [0.5, 0.6) is 5.88 Å². The first-order valence-electron chi connectivity index (χ1n) is 24.9. The van der Waals surface area contributed by atoms with Crippen molar-refractivity contribution >= 4 is 55.4 Å². The maximum Gasteiger partial charge on any atom is 0.293 e. The Balaban J connectivity index is 0.867. The lowest BCUT2D eigenvalue weighted by Gasteiger charge is -2.57. The first-order chi connectivity index (χ1) is 34.3. The van der Waals surface area contributed by atoms with E-state index in [0.717, 1.165) is 86.4 Å². The van der Waals surface area contributed by atoms with Crippen LogP contribution >= 0.6 is 0 Å². The van der Waals surface area contributed by atoms with Gasteiger partial charge in [0.15, 0.2) is 0 Å². The number of amides is 1. The molecule has 2 aliphatic carbocycles. The van der Waals surface area contributed by atoms with Gasteiger partial charge in [-0.1, -0.05) is 24.1 Å². The molecule has 3 saturated heterocycles. The highest BCUT2D eigenvalue weighted by atomic mass is 32.2. The zero-order valence-corrected chi connectivity index (χ0v) is 40.7. The van der Waals surface area contributed by atoms with Gasteiger partial charge in [0.05, 0.1) is 58.6 Å². The van der Waals surface area contributed by atoms with E-state index in [0.29, 0.717) is 81.2 Å². The van der Waals surface area contributed by atoms with E-state index in [1.807, 2.05) is 49.4 Å². The molecule has 6 aliphatic rings. The Kier molecular flexibility index (Phi) is 12.4. The first-order valence-corrected chi connectivity index (χ1v) is 26.4. The monoisotopic (exact) mass is 984 g/mol. The molecular weight excluding hydrogens is 925 g/mol. The number of nitro groups is 1. The average Bonchev–Trinajstić information content (AvgIpc) is 3.83. The number of ether oxygens (including phenoxy) is 3. The minimum atomic E-state index is -4.63. The van der Waals surface area contributed by atoms with Crippen LogP contribution in [0.25, 0.3) is 11.0 Å². The van der Waals surface area contributed by atoms with Gasteiger partial charge in [-0.05, 0) is 130 Å². The molecule has 3 atom stereocenters. The van der Waals surface area contributed by atoms with E-state index >= 15 is 0 Å². The fourth-order valence-electron chi connectivity index (χ4n) is 12.1. The predicted molar refractivity (Wildman–Crippen MR) is 269 cm³/mol. The van der Waals surface area contributed by atoms with E-state index in [-0.39, 0.29) is 34.7 Å². The molecule has 5 aromatic rings. The summed E-state index contributed by atoms with van der Waals surface area (Å²) in [4.78, 5) is 41.0. The highest BCUT2D eigenvalue weighted by Crippen LogP contribution is 2.54. The van der Waals surface area contributed by atoms with Crippen LogP contribution in [0.1, 0.15) is 92.2 Å². The maximum atomic E-state index is 14.7. The van der Waals surface area contributed by atoms with E-state index in [2.05, 4.69) is 41.7 Å². The summed E-state index contributed by atoms with van der Waals surface area (Å²) in [5, 5.41) is 26.7. The van der Waals surface area contributed by atoms with E-state index < -0.39 is 43.1 Å². The summed E-state index contributed by atoms with van der Waals surface area (Å²) in [6.45, 7) is 6.78. The predicted octanol–water partition coefficient (Wildman–Crippen LogP) is 7.43. The van der Waals surface area contributed by atoms with Crippen LogP contribution in [0.3, 0.4) is 0 Å². The van der Waals surface area contributed by atoms with Gasteiger partial charge in [-0.15, -0.1) is 6.42 Å². The average molecular weight is 985 g/mol. The van der Waals surface area contributed by atoms with Gasteiger partial charge >= 0.3 is 0 Å². The molecule has 1 amide bonds. The molecule has 6 heterocycles. The summed E-state index contributed by atoms with van der Waals surface area (Å²) < 4.78 is 49.0. The van der Waals surface area contributed by atoms with Crippen LogP contribution in [-0.2, 0) is 19.5 Å². The minimum absolute atomic E-state index is 0.102. The third-order valence-electron chi connectivity index (χ3n) is 16.2. The number of anilines is 4. The van der Waals surface area contributed by atoms with Crippen LogP contribution in [0.15, 0.2) is 83.9 Å². The van der Waals surface area contributed by atoms with Gasteiger partial charge in [0.1, 0.15) is 23.1 Å². The number of terminal acetylenes is 1. The van der Waals surface area contributed by atoms with Gasteiger partial charge in [0.25, 0.3) is 21.6 Å². The second-order valence-electron chi connectivity index (χ2n) is 20.7. The molecule has 3 aromatic carbocycles. The van der Waals surface area contributed by atoms with Crippen molar-refractivity contribution in [2.24, 2.45) is 11.3 Å². The Morgan fingerprint density at radius 3 is 2.55 bits per heavy atom. The quantitative estimate of drug-likeness (QED) is 0.0578. The Hall–Kier alpha value is -6.23. The molecular formula is C53H60N8O9S. The molecule has 2 aromatic heterocycles. The SMILES string of the molecule is C#Cc1ccccc1[C@@H]1COCCN1C1CC2(CCN(c3ccc(C(=O)NS(=O)(=O)c4ccc(NCC5CCC(C)(O)CC5)c([N+](=O)[O-])c4)c(N4c5cc6cc[nH]c6nc5O[C@H]5COCC[C@@H]54)c3)CC2)C1. The fraction of sp³-hybridized carbons (Fsp3) is 0.472. The number of H-pyrrole nitrogens is 1. The smallest absolute Gasteiger partial charge is 0.293 e. The number of nitro benzene ring substituents is 1. The highest BCUT2D eigenvalue weighted by Gasteiger charge is 2.50. The minimum Gasteiger partial charge on any atom is -0.468 e. The van der Waals surface area contributed by atoms with Gasteiger partial charge in [0, 0.05) is 67.7 Å². The van der Waals surface area contributed by atoms with Crippen LogP contribution < -0.4 is 24.6 Å². The third-order valence-corrected chi connectivity index (χ3v) is 17.5. The van der Waals surface area contributed by atoms with Crippen LogP contribution in [0, 0.1) is 33.8 Å². The number of piperidine rings is 1. The summed E-state index contributed by atoms with van der Waals surface area (Å²) in [7, 11) is -4.63. The van der Waals surface area contributed by atoms with Crippen molar-refractivity contribution in [3.63, 3.8) is 0 Å². The number of aliphatic hydroxyl groups is 1. The molecule has 1 spiro atoms. The zero-order valence-electron chi connectivity index (χ0n) is 39.8. The number of fused-ring (bicyclic) bond motifs is 3. The summed E-state index contributed by atoms with van der Waals surface area (Å²) in [6.07, 6.45) is 14.8. The third kappa shape index (κ3) is 9.18. The van der Waals surface area contributed by atoms with Crippen molar-refractivity contribution in [2.75, 3.05) is 67.7 Å². The molecule has 0 unspecified atom stereocenters. The number of pyridine rings is 1. The fourth-order valence-corrected chi connectivity index (χ4v) is 13.1.